The number of hydrogen-bond acceptors (Lipinski definition) is 6. The van der Waals surface area contributed by atoms with E-state index < -0.39 is 0 Å². The van der Waals surface area contributed by atoms with Crippen LogP contribution >= 0.6 is 0 Å². The van der Waals surface area contributed by atoms with Gasteiger partial charge in [-0.2, -0.15) is 0 Å². The number of rotatable bonds is 5. The van der Waals surface area contributed by atoms with E-state index in [1.807, 2.05) is 20.0 Å². The van der Waals surface area contributed by atoms with Gasteiger partial charge >= 0.3 is 0 Å². The van der Waals surface area contributed by atoms with E-state index in [9.17, 15) is 0 Å². The summed E-state index contributed by atoms with van der Waals surface area (Å²) in [5, 5.41) is 0. The lowest BCUT2D eigenvalue weighted by Gasteiger charge is -2.17. The zero-order valence-corrected chi connectivity index (χ0v) is 11.9. The predicted octanol–water partition coefficient (Wildman–Crippen LogP) is 1.24. The van der Waals surface area contributed by atoms with Gasteiger partial charge in [0.25, 0.3) is 0 Å². The SMILES string of the molecule is COc1c(C)cnc(CC(NN)c2cnccn2)c1C. The number of aryl methyl sites for hydroxylation is 1. The van der Waals surface area contributed by atoms with Crippen molar-refractivity contribution < 1.29 is 4.74 Å². The fraction of sp³-hybridized carbons (Fsp3) is 0.357. The van der Waals surface area contributed by atoms with Crippen LogP contribution in [0.5, 0.6) is 5.75 Å². The normalized spacial score (nSPS) is 12.2. The molecule has 0 saturated heterocycles. The number of pyridine rings is 1. The van der Waals surface area contributed by atoms with Crippen LogP contribution in [-0.2, 0) is 6.42 Å². The van der Waals surface area contributed by atoms with Crippen LogP contribution in [0.15, 0.2) is 24.8 Å². The number of hydrazine groups is 1. The van der Waals surface area contributed by atoms with Crippen molar-refractivity contribution in [3.63, 3.8) is 0 Å². The molecule has 1 atom stereocenters. The molecular weight excluding hydrogens is 254 g/mol. The van der Waals surface area contributed by atoms with Gasteiger partial charge in [0.15, 0.2) is 0 Å². The molecule has 0 aromatic carbocycles. The minimum Gasteiger partial charge on any atom is -0.496 e. The average molecular weight is 273 g/mol. The van der Waals surface area contributed by atoms with Gasteiger partial charge in [0, 0.05) is 41.8 Å². The van der Waals surface area contributed by atoms with Crippen LogP contribution in [0.1, 0.15) is 28.6 Å². The molecule has 2 rings (SSSR count). The van der Waals surface area contributed by atoms with Crippen LogP contribution in [0.3, 0.4) is 0 Å². The summed E-state index contributed by atoms with van der Waals surface area (Å²) in [5.41, 5.74) is 6.53. The van der Waals surface area contributed by atoms with Crippen molar-refractivity contribution in [2.45, 2.75) is 26.3 Å². The largest absolute Gasteiger partial charge is 0.496 e. The molecular formula is C14H19N5O. The number of aromatic nitrogens is 3. The Morgan fingerprint density at radius 2 is 2.05 bits per heavy atom. The fourth-order valence-electron chi connectivity index (χ4n) is 2.21. The molecule has 2 heterocycles. The lowest BCUT2D eigenvalue weighted by Crippen LogP contribution is -2.30. The minimum atomic E-state index is -0.137. The summed E-state index contributed by atoms with van der Waals surface area (Å²) < 4.78 is 5.42. The van der Waals surface area contributed by atoms with Crippen molar-refractivity contribution in [1.29, 1.82) is 0 Å². The van der Waals surface area contributed by atoms with Crippen LogP contribution in [0.25, 0.3) is 0 Å². The maximum atomic E-state index is 5.63. The Balaban J connectivity index is 2.29. The number of methoxy groups -OCH3 is 1. The van der Waals surface area contributed by atoms with Crippen molar-refractivity contribution in [2.75, 3.05) is 7.11 Å². The first-order valence-electron chi connectivity index (χ1n) is 6.38. The Bertz CT molecular complexity index is 573. The minimum absolute atomic E-state index is 0.137. The number of nitrogens with two attached hydrogens (primary N) is 1. The number of nitrogens with zero attached hydrogens (tertiary/aromatic N) is 3. The van der Waals surface area contributed by atoms with Gasteiger partial charge in [-0.25, -0.2) is 0 Å². The lowest BCUT2D eigenvalue weighted by molar-refractivity contribution is 0.406. The molecule has 3 N–H and O–H groups in total. The molecule has 6 heteroatoms. The van der Waals surface area contributed by atoms with Gasteiger partial charge in [-0.05, 0) is 13.8 Å². The van der Waals surface area contributed by atoms with Crippen molar-refractivity contribution in [3.05, 3.63) is 47.3 Å². The van der Waals surface area contributed by atoms with Gasteiger partial charge in [0.1, 0.15) is 5.75 Å². The molecule has 0 saturated carbocycles. The van der Waals surface area contributed by atoms with E-state index in [1.165, 1.54) is 0 Å². The van der Waals surface area contributed by atoms with Gasteiger partial charge < -0.3 is 4.74 Å². The molecule has 0 spiro atoms. The summed E-state index contributed by atoms with van der Waals surface area (Å²) in [7, 11) is 1.67. The molecule has 0 aliphatic rings. The Morgan fingerprint density at radius 3 is 2.65 bits per heavy atom. The maximum absolute atomic E-state index is 5.63. The summed E-state index contributed by atoms with van der Waals surface area (Å²) in [4.78, 5) is 12.8. The highest BCUT2D eigenvalue weighted by atomic mass is 16.5. The third kappa shape index (κ3) is 2.92. The van der Waals surface area contributed by atoms with Gasteiger partial charge in [0.05, 0.1) is 25.0 Å². The molecule has 106 valence electrons. The maximum Gasteiger partial charge on any atom is 0.128 e. The predicted molar refractivity (Wildman–Crippen MR) is 76.1 cm³/mol. The number of nitrogens with one attached hydrogen (secondary N) is 1. The van der Waals surface area contributed by atoms with E-state index in [4.69, 9.17) is 10.6 Å². The summed E-state index contributed by atoms with van der Waals surface area (Å²) in [5.74, 6) is 6.49. The molecule has 0 fully saturated rings. The molecule has 6 nitrogen and oxygen atoms in total. The van der Waals surface area contributed by atoms with E-state index in [0.29, 0.717) is 6.42 Å². The molecule has 0 radical (unpaired) electrons. The smallest absolute Gasteiger partial charge is 0.128 e. The second-order valence-electron chi connectivity index (χ2n) is 4.60. The van der Waals surface area contributed by atoms with Gasteiger partial charge in [-0.1, -0.05) is 0 Å². The van der Waals surface area contributed by atoms with Crippen LogP contribution in [-0.4, -0.2) is 22.1 Å². The Hall–Kier alpha value is -2.05. The van der Waals surface area contributed by atoms with Crippen molar-refractivity contribution in [1.82, 2.24) is 20.4 Å². The molecule has 0 amide bonds. The monoisotopic (exact) mass is 273 g/mol. The summed E-state index contributed by atoms with van der Waals surface area (Å²) in [6.07, 6.45) is 7.42. The average Bonchev–Trinajstić information content (AvgIpc) is 2.48. The van der Waals surface area contributed by atoms with E-state index >= 15 is 0 Å². The third-order valence-corrected chi connectivity index (χ3v) is 3.29. The first-order valence-corrected chi connectivity index (χ1v) is 6.38. The van der Waals surface area contributed by atoms with Crippen molar-refractivity contribution in [2.24, 2.45) is 5.84 Å². The molecule has 2 aromatic heterocycles. The van der Waals surface area contributed by atoms with Crippen molar-refractivity contribution >= 4 is 0 Å². The molecule has 1 unspecified atom stereocenters. The van der Waals surface area contributed by atoms with Gasteiger partial charge in [-0.3, -0.25) is 26.2 Å². The van der Waals surface area contributed by atoms with Gasteiger partial charge in [0.2, 0.25) is 0 Å². The number of ether oxygens (including phenoxy) is 1. The highest BCUT2D eigenvalue weighted by Gasteiger charge is 2.17. The second-order valence-corrected chi connectivity index (χ2v) is 4.60. The summed E-state index contributed by atoms with van der Waals surface area (Å²) in [6.45, 7) is 3.97. The third-order valence-electron chi connectivity index (χ3n) is 3.29. The Morgan fingerprint density at radius 1 is 1.25 bits per heavy atom. The van der Waals surface area contributed by atoms with Gasteiger partial charge in [-0.15, -0.1) is 0 Å². The van der Waals surface area contributed by atoms with Crippen LogP contribution in [0, 0.1) is 13.8 Å². The standard InChI is InChI=1S/C14H19N5O/c1-9-7-18-11(10(2)14(9)20-3)6-12(19-15)13-8-16-4-5-17-13/h4-5,7-8,12,19H,6,15H2,1-3H3. The van der Waals surface area contributed by atoms with Crippen LogP contribution < -0.4 is 16.0 Å². The first kappa shape index (κ1) is 14.4. The molecule has 0 bridgehead atoms. The van der Waals surface area contributed by atoms with Crippen molar-refractivity contribution in [3.8, 4) is 5.75 Å². The van der Waals surface area contributed by atoms with E-state index in [1.54, 1.807) is 25.7 Å². The van der Waals surface area contributed by atoms with E-state index in [2.05, 4.69) is 20.4 Å². The highest BCUT2D eigenvalue weighted by Crippen LogP contribution is 2.26. The number of hydrogen-bond donors (Lipinski definition) is 2. The van der Waals surface area contributed by atoms with E-state index in [0.717, 1.165) is 28.3 Å². The topological polar surface area (TPSA) is 86.0 Å². The first-order chi connectivity index (χ1) is 9.67. The highest BCUT2D eigenvalue weighted by molar-refractivity contribution is 5.41. The molecule has 0 aliphatic carbocycles. The second kappa shape index (κ2) is 6.40. The van der Waals surface area contributed by atoms with E-state index in [-0.39, 0.29) is 6.04 Å². The quantitative estimate of drug-likeness (QED) is 0.630. The zero-order chi connectivity index (χ0) is 14.5. The molecule has 20 heavy (non-hydrogen) atoms. The van der Waals surface area contributed by atoms with Crippen LogP contribution in [0.2, 0.25) is 0 Å². The van der Waals surface area contributed by atoms with Crippen LogP contribution in [0.4, 0.5) is 0 Å². The molecule has 2 aromatic rings. The zero-order valence-electron chi connectivity index (χ0n) is 11.9. The summed E-state index contributed by atoms with van der Waals surface area (Å²) >= 11 is 0. The Labute approximate surface area is 118 Å². The lowest BCUT2D eigenvalue weighted by atomic mass is 10.0. The summed E-state index contributed by atoms with van der Waals surface area (Å²) in [6, 6.07) is -0.137. The Kier molecular flexibility index (Phi) is 4.60. The molecule has 0 aliphatic heterocycles. The fourth-order valence-corrected chi connectivity index (χ4v) is 2.21.